The summed E-state index contributed by atoms with van der Waals surface area (Å²) in [5, 5.41) is 20.7. The monoisotopic (exact) mass is 364 g/mol. The first kappa shape index (κ1) is 18.1. The van der Waals surface area contributed by atoms with Crippen LogP contribution in [0.1, 0.15) is 12.5 Å². The van der Waals surface area contributed by atoms with Gasteiger partial charge in [0.25, 0.3) is 0 Å². The van der Waals surface area contributed by atoms with Gasteiger partial charge >= 0.3 is 0 Å². The van der Waals surface area contributed by atoms with Gasteiger partial charge in [0.1, 0.15) is 0 Å². The Morgan fingerprint density at radius 1 is 0.885 bits per heavy atom. The number of carboxylic acid groups (broad SMARTS) is 1. The zero-order valence-corrected chi connectivity index (χ0v) is 15.3. The van der Waals surface area contributed by atoms with Crippen LogP contribution >= 0.6 is 10.5 Å². The van der Waals surface area contributed by atoms with Crippen LogP contribution in [-0.4, -0.2) is 17.7 Å². The average molecular weight is 364 g/mol. The summed E-state index contributed by atoms with van der Waals surface area (Å²) in [4.78, 5) is 10.2. The van der Waals surface area contributed by atoms with Gasteiger partial charge in [0.2, 0.25) is 0 Å². The maximum absolute atomic E-state index is 9.06. The molecule has 1 aromatic heterocycles. The van der Waals surface area contributed by atoms with Crippen molar-refractivity contribution in [3.63, 3.8) is 0 Å². The molecule has 0 spiro atoms. The van der Waals surface area contributed by atoms with Gasteiger partial charge in [0.05, 0.1) is 0 Å². The zero-order chi connectivity index (χ0) is 18.5. The fraction of sp³-hybridized carbons (Fsp3) is 0.136. The van der Waals surface area contributed by atoms with E-state index >= 15 is 0 Å². The number of aliphatic carboxylic acids is 1. The van der Waals surface area contributed by atoms with E-state index in [4.69, 9.17) is 15.0 Å². The summed E-state index contributed by atoms with van der Waals surface area (Å²) in [6, 6.07) is 26.2. The van der Waals surface area contributed by atoms with Crippen LogP contribution in [0.4, 0.5) is 0 Å². The van der Waals surface area contributed by atoms with Crippen molar-refractivity contribution in [2.75, 3.05) is 6.61 Å². The second-order valence-electron chi connectivity index (χ2n) is 5.91. The summed E-state index contributed by atoms with van der Waals surface area (Å²) in [5.41, 5.74) is 1.19. The molecule has 4 rings (SSSR count). The molecule has 0 aliphatic carbocycles. The Morgan fingerprint density at radius 3 is 1.81 bits per heavy atom. The lowest BCUT2D eigenvalue weighted by molar-refractivity contribution is -0.302. The zero-order valence-electron chi connectivity index (χ0n) is 14.5. The minimum absolute atomic E-state index is 0.0153. The fourth-order valence-corrected chi connectivity index (χ4v) is 5.41. The third kappa shape index (κ3) is 3.77. The van der Waals surface area contributed by atoms with E-state index in [1.807, 2.05) is 0 Å². The fourth-order valence-electron chi connectivity index (χ4n) is 3.03. The summed E-state index contributed by atoms with van der Waals surface area (Å²) in [5.74, 6) is -1.08. The number of carbonyl (C=O) groups is 1. The van der Waals surface area contributed by atoms with Crippen LogP contribution in [0, 0.1) is 0 Å². The van der Waals surface area contributed by atoms with Crippen molar-refractivity contribution in [3.8, 4) is 4.90 Å². The number of aliphatic hydroxyl groups excluding tert-OH is 1. The molecule has 0 aliphatic rings. The maximum Gasteiger partial charge on any atom is 0.187 e. The number of carboxylic acids is 1. The molecule has 1 heterocycles. The van der Waals surface area contributed by atoms with Gasteiger partial charge in [-0.2, -0.15) is 0 Å². The highest BCUT2D eigenvalue weighted by Gasteiger charge is 2.22. The van der Waals surface area contributed by atoms with E-state index in [-0.39, 0.29) is 17.1 Å². The number of aliphatic hydroxyl groups is 1. The summed E-state index contributed by atoms with van der Waals surface area (Å²) in [6.07, 6.45) is 0.723. The first-order chi connectivity index (χ1) is 12.6. The summed E-state index contributed by atoms with van der Waals surface area (Å²) in [7, 11) is -0.0153. The van der Waals surface area contributed by atoms with Gasteiger partial charge in [-0.05, 0) is 55.3 Å². The molecule has 4 aromatic rings. The number of carbonyl (C=O) groups excluding carboxylic acids is 1. The predicted octanol–water partition coefficient (Wildman–Crippen LogP) is 4.02. The lowest BCUT2D eigenvalue weighted by Crippen LogP contribution is -2.16. The molecule has 0 saturated carbocycles. The Labute approximate surface area is 155 Å². The Balaban J connectivity index is 0.000000447. The van der Waals surface area contributed by atoms with E-state index < -0.39 is 5.97 Å². The molecule has 0 amide bonds. The average Bonchev–Trinajstić information content (AvgIpc) is 2.97. The first-order valence-corrected chi connectivity index (χ1v) is 9.64. The Hall–Kier alpha value is -2.69. The first-order valence-electron chi connectivity index (χ1n) is 8.42. The van der Waals surface area contributed by atoms with Crippen molar-refractivity contribution in [2.45, 2.75) is 13.3 Å². The summed E-state index contributed by atoms with van der Waals surface area (Å²) < 4.78 is 2.83. The van der Waals surface area contributed by atoms with Crippen LogP contribution in [0.15, 0.2) is 72.8 Å². The topological polar surface area (TPSA) is 60.4 Å². The molecule has 0 atom stereocenters. The van der Waals surface area contributed by atoms with Gasteiger partial charge in [-0.1, -0.05) is 36.4 Å². The van der Waals surface area contributed by atoms with Gasteiger partial charge in [0.15, 0.2) is 14.3 Å². The van der Waals surface area contributed by atoms with E-state index in [1.165, 1.54) is 30.6 Å². The maximum atomic E-state index is 9.06. The Kier molecular flexibility index (Phi) is 5.66. The van der Waals surface area contributed by atoms with Gasteiger partial charge in [-0.25, -0.2) is 0 Å². The molecule has 1 N–H and O–H groups in total. The molecule has 0 fully saturated rings. The number of thiophene rings is 1. The number of hydrogen-bond acceptors (Lipinski definition) is 3. The van der Waals surface area contributed by atoms with Crippen molar-refractivity contribution >= 4 is 36.6 Å². The molecule has 4 heteroatoms. The highest BCUT2D eigenvalue weighted by Crippen LogP contribution is 2.47. The highest BCUT2D eigenvalue weighted by molar-refractivity contribution is 7.50. The lowest BCUT2D eigenvalue weighted by Gasteiger charge is -1.98. The molecular formula is C22H20O3S. The van der Waals surface area contributed by atoms with Crippen LogP contribution in [0.5, 0.6) is 0 Å². The number of rotatable bonds is 3. The third-order valence-electron chi connectivity index (χ3n) is 4.06. The van der Waals surface area contributed by atoms with E-state index in [9.17, 15) is 0 Å². The number of fused-ring (bicyclic) bond motifs is 3. The normalized spacial score (nSPS) is 10.5. The van der Waals surface area contributed by atoms with Crippen molar-refractivity contribution in [2.24, 2.45) is 0 Å². The van der Waals surface area contributed by atoms with Crippen molar-refractivity contribution in [1.82, 2.24) is 0 Å². The summed E-state index contributed by atoms with van der Waals surface area (Å²) >= 11 is 0. The smallest absolute Gasteiger partial charge is 0.187 e. The van der Waals surface area contributed by atoms with Crippen molar-refractivity contribution < 1.29 is 15.0 Å². The third-order valence-corrected chi connectivity index (χ3v) is 6.40. The molecule has 26 heavy (non-hydrogen) atoms. The van der Waals surface area contributed by atoms with Crippen LogP contribution < -0.4 is 5.11 Å². The van der Waals surface area contributed by atoms with Crippen molar-refractivity contribution in [1.29, 1.82) is 0 Å². The molecule has 0 radical (unpaired) electrons. The second kappa shape index (κ2) is 8.13. The predicted molar refractivity (Wildman–Crippen MR) is 107 cm³/mol. The molecule has 0 saturated heterocycles. The van der Waals surface area contributed by atoms with E-state index in [0.717, 1.165) is 13.3 Å². The molecule has 0 unspecified atom stereocenters. The molecule has 132 valence electrons. The van der Waals surface area contributed by atoms with Crippen LogP contribution in [0.25, 0.3) is 25.1 Å². The van der Waals surface area contributed by atoms with E-state index in [0.29, 0.717) is 0 Å². The molecule has 3 nitrogen and oxygen atoms in total. The Morgan fingerprint density at radius 2 is 1.35 bits per heavy atom. The highest BCUT2D eigenvalue weighted by atomic mass is 32.2. The Bertz CT molecular complexity index is 975. The number of benzene rings is 3. The summed E-state index contributed by atoms with van der Waals surface area (Å²) in [6.45, 7) is 1.18. The van der Waals surface area contributed by atoms with Gasteiger partial charge < -0.3 is 15.0 Å². The molecule has 3 aromatic carbocycles. The molecular weight excluding hydrogens is 344 g/mol. The van der Waals surface area contributed by atoms with E-state index in [2.05, 4.69) is 72.8 Å². The van der Waals surface area contributed by atoms with Crippen LogP contribution in [0.3, 0.4) is 0 Å². The minimum Gasteiger partial charge on any atom is -0.550 e. The van der Waals surface area contributed by atoms with Crippen molar-refractivity contribution in [3.05, 3.63) is 78.4 Å². The SMILES string of the molecule is CC(=O)[O-].OCCc1ccc(-[s+]2c3ccccc3c3ccccc32)cc1. The number of hydrogen-bond donors (Lipinski definition) is 1. The lowest BCUT2D eigenvalue weighted by atomic mass is 10.2. The largest absolute Gasteiger partial charge is 0.550 e. The van der Waals surface area contributed by atoms with Gasteiger partial charge in [-0.15, -0.1) is 0 Å². The second-order valence-corrected chi connectivity index (χ2v) is 7.87. The van der Waals surface area contributed by atoms with E-state index in [1.54, 1.807) is 0 Å². The van der Waals surface area contributed by atoms with Gasteiger partial charge in [-0.3, -0.25) is 0 Å². The molecule has 0 aliphatic heterocycles. The van der Waals surface area contributed by atoms with Crippen LogP contribution in [0.2, 0.25) is 0 Å². The van der Waals surface area contributed by atoms with Crippen LogP contribution in [-0.2, 0) is 11.2 Å². The minimum atomic E-state index is -1.08. The standard InChI is InChI=1S/C20H17OS.C2H4O2/c21-14-13-15-9-11-16(12-10-15)22-19-7-3-1-5-17(19)18-6-2-4-8-20(18)22;1-2(3)4/h1-12,21H,13-14H2;1H3,(H,3,4)/q+1;/p-1. The quantitative estimate of drug-likeness (QED) is 0.559. The molecule has 0 bridgehead atoms. The van der Waals surface area contributed by atoms with Gasteiger partial charge in [0, 0.05) is 33.8 Å².